The lowest BCUT2D eigenvalue weighted by atomic mass is 9.92. The predicted molar refractivity (Wildman–Crippen MR) is 132 cm³/mol. The first kappa shape index (κ1) is 22.1. The minimum absolute atomic E-state index is 0.148. The second kappa shape index (κ2) is 8.89. The molecule has 34 heavy (non-hydrogen) atoms. The van der Waals surface area contributed by atoms with Crippen molar-refractivity contribution in [2.75, 3.05) is 5.32 Å². The summed E-state index contributed by atoms with van der Waals surface area (Å²) >= 11 is 0. The molecule has 2 aromatic carbocycles. The molecule has 2 aromatic heterocycles. The van der Waals surface area contributed by atoms with Crippen LogP contribution in [0.1, 0.15) is 25.7 Å². The van der Waals surface area contributed by atoms with Gasteiger partial charge in [-0.1, -0.05) is 36.4 Å². The van der Waals surface area contributed by atoms with Gasteiger partial charge < -0.3 is 11.1 Å². The van der Waals surface area contributed by atoms with Crippen LogP contribution >= 0.6 is 0 Å². The van der Waals surface area contributed by atoms with Gasteiger partial charge in [-0.15, -0.1) is 0 Å². The van der Waals surface area contributed by atoms with Gasteiger partial charge in [-0.05, 0) is 43.9 Å². The van der Waals surface area contributed by atoms with E-state index in [4.69, 9.17) is 12.3 Å². The molecule has 0 amide bonds. The summed E-state index contributed by atoms with van der Waals surface area (Å²) in [6, 6.07) is 15.8. The highest BCUT2D eigenvalue weighted by Crippen LogP contribution is 2.37. The van der Waals surface area contributed by atoms with E-state index < -0.39 is 10.0 Å². The zero-order chi connectivity index (χ0) is 23.7. The largest absolute Gasteiger partial charge is 0.352 e. The van der Waals surface area contributed by atoms with Gasteiger partial charge in [0, 0.05) is 35.4 Å². The standard InChI is InChI=1S/C25H24N6O2S/c1-27-22-15-28-25(29-18-9-7-8-17(26)14-18)30-24(22)21-16-31(23-13-6-5-12-20(21)23)34(32,33)19-10-3-2-4-11-19/h2-6,10-13,15-18H,7-9,14,26H2,(H,28,29,30)/t17?,18-/m1/s1. The van der Waals surface area contributed by atoms with Gasteiger partial charge in [-0.2, -0.15) is 0 Å². The Morgan fingerprint density at radius 3 is 2.62 bits per heavy atom. The molecule has 1 saturated carbocycles. The molecule has 0 radical (unpaired) electrons. The van der Waals surface area contributed by atoms with E-state index in [9.17, 15) is 8.42 Å². The molecule has 0 saturated heterocycles. The molecule has 2 heterocycles. The molecule has 0 aliphatic heterocycles. The zero-order valence-corrected chi connectivity index (χ0v) is 19.2. The molecule has 1 fully saturated rings. The third-order valence-electron chi connectivity index (χ3n) is 6.17. The van der Waals surface area contributed by atoms with Crippen molar-refractivity contribution in [3.63, 3.8) is 0 Å². The number of para-hydroxylation sites is 1. The summed E-state index contributed by atoms with van der Waals surface area (Å²) in [7, 11) is -3.85. The molecule has 2 atom stereocenters. The summed E-state index contributed by atoms with van der Waals surface area (Å²) in [5.41, 5.74) is 7.85. The summed E-state index contributed by atoms with van der Waals surface area (Å²) < 4.78 is 28.2. The van der Waals surface area contributed by atoms with Crippen LogP contribution in [0.2, 0.25) is 0 Å². The lowest BCUT2D eigenvalue weighted by Gasteiger charge is -2.27. The number of hydrogen-bond donors (Lipinski definition) is 2. The second-order valence-corrected chi connectivity index (χ2v) is 10.3. The van der Waals surface area contributed by atoms with Gasteiger partial charge in [0.05, 0.1) is 22.7 Å². The molecule has 1 aliphatic carbocycles. The van der Waals surface area contributed by atoms with Gasteiger partial charge in [-0.25, -0.2) is 27.2 Å². The number of hydrogen-bond acceptors (Lipinski definition) is 6. The number of aromatic nitrogens is 3. The van der Waals surface area contributed by atoms with Crippen molar-refractivity contribution < 1.29 is 8.42 Å². The minimum atomic E-state index is -3.85. The van der Waals surface area contributed by atoms with Crippen molar-refractivity contribution >= 4 is 32.6 Å². The van der Waals surface area contributed by atoms with Crippen LogP contribution in [0, 0.1) is 6.57 Å². The molecule has 9 heteroatoms. The molecule has 0 spiro atoms. The molecule has 1 unspecified atom stereocenters. The molecule has 172 valence electrons. The summed E-state index contributed by atoms with van der Waals surface area (Å²) in [5, 5.41) is 4.04. The lowest BCUT2D eigenvalue weighted by molar-refractivity contribution is 0.408. The van der Waals surface area contributed by atoms with Crippen LogP contribution in [0.25, 0.3) is 27.0 Å². The van der Waals surface area contributed by atoms with E-state index in [0.717, 1.165) is 25.7 Å². The number of rotatable bonds is 5. The smallest absolute Gasteiger partial charge is 0.268 e. The average molecular weight is 473 g/mol. The van der Waals surface area contributed by atoms with Crippen LogP contribution in [0.4, 0.5) is 11.6 Å². The quantitative estimate of drug-likeness (QED) is 0.412. The Morgan fingerprint density at radius 2 is 1.85 bits per heavy atom. The lowest BCUT2D eigenvalue weighted by Crippen LogP contribution is -2.35. The summed E-state index contributed by atoms with van der Waals surface area (Å²) in [5.74, 6) is 0.407. The fourth-order valence-corrected chi connectivity index (χ4v) is 5.90. The Balaban J connectivity index is 1.63. The monoisotopic (exact) mass is 472 g/mol. The minimum Gasteiger partial charge on any atom is -0.352 e. The summed E-state index contributed by atoms with van der Waals surface area (Å²) in [6.45, 7) is 7.64. The third kappa shape index (κ3) is 4.02. The van der Waals surface area contributed by atoms with E-state index in [1.807, 2.05) is 12.1 Å². The topological polar surface area (TPSA) is 107 Å². The summed E-state index contributed by atoms with van der Waals surface area (Å²) in [6.07, 6.45) is 6.89. The van der Waals surface area contributed by atoms with E-state index in [2.05, 4.69) is 20.1 Å². The fraction of sp³-hybridized carbons (Fsp3) is 0.240. The van der Waals surface area contributed by atoms with E-state index in [1.54, 1.807) is 48.7 Å². The average Bonchev–Trinajstić information content (AvgIpc) is 3.25. The van der Waals surface area contributed by atoms with E-state index in [1.165, 1.54) is 10.2 Å². The van der Waals surface area contributed by atoms with Crippen LogP contribution in [0.3, 0.4) is 0 Å². The van der Waals surface area contributed by atoms with Crippen molar-refractivity contribution in [3.05, 3.63) is 78.4 Å². The number of nitrogens with one attached hydrogen (secondary N) is 1. The van der Waals surface area contributed by atoms with Crippen LogP contribution in [-0.2, 0) is 10.0 Å². The molecule has 1 aliphatic rings. The predicted octanol–water partition coefficient (Wildman–Crippen LogP) is 4.57. The third-order valence-corrected chi connectivity index (χ3v) is 7.86. The molecule has 3 N–H and O–H groups in total. The molecule has 5 rings (SSSR count). The highest BCUT2D eigenvalue weighted by atomic mass is 32.2. The van der Waals surface area contributed by atoms with Crippen LogP contribution in [-0.4, -0.2) is 34.4 Å². The maximum atomic E-state index is 13.5. The molecular weight excluding hydrogens is 448 g/mol. The van der Waals surface area contributed by atoms with Gasteiger partial charge in [0.2, 0.25) is 11.6 Å². The second-order valence-electron chi connectivity index (χ2n) is 8.48. The highest BCUT2D eigenvalue weighted by Gasteiger charge is 2.24. The normalized spacial score (nSPS) is 18.5. The maximum Gasteiger partial charge on any atom is 0.268 e. The number of benzene rings is 2. The van der Waals surface area contributed by atoms with Crippen molar-refractivity contribution in [2.24, 2.45) is 5.73 Å². The van der Waals surface area contributed by atoms with Crippen LogP contribution in [0.15, 0.2) is 71.9 Å². The van der Waals surface area contributed by atoms with E-state index in [0.29, 0.717) is 28.1 Å². The molecule has 0 bridgehead atoms. The Labute approximate surface area is 198 Å². The fourth-order valence-electron chi connectivity index (χ4n) is 4.51. The first-order chi connectivity index (χ1) is 16.5. The van der Waals surface area contributed by atoms with Crippen molar-refractivity contribution in [1.82, 2.24) is 13.9 Å². The van der Waals surface area contributed by atoms with E-state index in [-0.39, 0.29) is 22.7 Å². The molecule has 8 nitrogen and oxygen atoms in total. The van der Waals surface area contributed by atoms with Gasteiger partial charge in [0.25, 0.3) is 10.0 Å². The van der Waals surface area contributed by atoms with Gasteiger partial charge in [0.1, 0.15) is 0 Å². The summed E-state index contributed by atoms with van der Waals surface area (Å²) in [4.78, 5) is 12.8. The van der Waals surface area contributed by atoms with Crippen molar-refractivity contribution in [2.45, 2.75) is 42.7 Å². The van der Waals surface area contributed by atoms with Gasteiger partial charge in [0.15, 0.2) is 0 Å². The van der Waals surface area contributed by atoms with Crippen LogP contribution < -0.4 is 11.1 Å². The number of nitrogens with zero attached hydrogens (tertiary/aromatic N) is 4. The Hall–Kier alpha value is -3.74. The van der Waals surface area contributed by atoms with Crippen molar-refractivity contribution in [1.29, 1.82) is 0 Å². The first-order valence-corrected chi connectivity index (χ1v) is 12.6. The van der Waals surface area contributed by atoms with E-state index >= 15 is 0 Å². The van der Waals surface area contributed by atoms with Crippen LogP contribution in [0.5, 0.6) is 0 Å². The number of fused-ring (bicyclic) bond motifs is 1. The number of nitrogens with two attached hydrogens (primary N) is 1. The zero-order valence-electron chi connectivity index (χ0n) is 18.4. The first-order valence-electron chi connectivity index (χ1n) is 11.1. The Bertz CT molecular complexity index is 1490. The SMILES string of the molecule is [C-]#[N+]c1cnc(N[C@@H]2CCCC(N)C2)nc1-c1cn(S(=O)(=O)c2ccccc2)c2ccccc12. The molecule has 4 aromatic rings. The van der Waals surface area contributed by atoms with Crippen molar-refractivity contribution in [3.8, 4) is 11.3 Å². The maximum absolute atomic E-state index is 13.5. The van der Waals surface area contributed by atoms with Gasteiger partial charge in [-0.3, -0.25) is 0 Å². The van der Waals surface area contributed by atoms with Gasteiger partial charge >= 0.3 is 0 Å². The highest BCUT2D eigenvalue weighted by molar-refractivity contribution is 7.90. The molecular formula is C25H24N6O2S. The Morgan fingerprint density at radius 1 is 1.09 bits per heavy atom. The number of anilines is 1. The Kier molecular flexibility index (Phi) is 5.77.